The molecule has 0 fully saturated rings. The molecule has 0 heterocycles. The molecule has 10 heavy (non-hydrogen) atoms. The summed E-state index contributed by atoms with van der Waals surface area (Å²) in [6.45, 7) is 0. The number of oxime groups is 1. The maximum absolute atomic E-state index is 8.09. The van der Waals surface area contributed by atoms with Crippen LogP contribution in [0.4, 0.5) is 0 Å². The topological polar surface area (TPSA) is 32.6 Å². The molecule has 2 nitrogen and oxygen atoms in total. The zero-order valence-corrected chi connectivity index (χ0v) is 8.53. The molecule has 0 amide bonds. The van der Waals surface area contributed by atoms with Gasteiger partial charge in [-0.15, -0.1) is 0 Å². The molecule has 3 heteroatoms. The Morgan fingerprint density at radius 3 is 2.30 bits per heavy atom. The van der Waals surface area contributed by atoms with Crippen LogP contribution in [0.3, 0.4) is 0 Å². The van der Waals surface area contributed by atoms with Crippen molar-refractivity contribution in [3.8, 4) is 0 Å². The molecule has 0 aliphatic heterocycles. The van der Waals surface area contributed by atoms with Crippen LogP contribution < -0.4 is 0 Å². The molecule has 1 rings (SSSR count). The van der Waals surface area contributed by atoms with Crippen molar-refractivity contribution in [1.82, 2.24) is 0 Å². The van der Waals surface area contributed by atoms with Gasteiger partial charge in [-0.25, -0.2) is 0 Å². The standard InChI is InChI=1S/C7H7NO.Zn/c9-8-6-7-4-2-1-3-5-7;/h1-6,9H;. The van der Waals surface area contributed by atoms with Crippen LogP contribution in [-0.2, 0) is 19.5 Å². The van der Waals surface area contributed by atoms with Gasteiger partial charge in [0.05, 0.1) is 6.21 Å². The van der Waals surface area contributed by atoms with Crippen molar-refractivity contribution >= 4 is 6.21 Å². The minimum atomic E-state index is 0. The third kappa shape index (κ3) is 2.74. The van der Waals surface area contributed by atoms with Gasteiger partial charge in [0.1, 0.15) is 0 Å². The van der Waals surface area contributed by atoms with Crippen LogP contribution in [0.15, 0.2) is 35.5 Å². The summed E-state index contributed by atoms with van der Waals surface area (Å²) in [5, 5.41) is 11.0. The Morgan fingerprint density at radius 2 is 1.80 bits per heavy atom. The van der Waals surface area contributed by atoms with Crippen LogP contribution >= 0.6 is 0 Å². The van der Waals surface area contributed by atoms with Gasteiger partial charge in [0.2, 0.25) is 0 Å². The number of hydrogen-bond acceptors (Lipinski definition) is 2. The Balaban J connectivity index is 0.000000810. The fourth-order valence-corrected chi connectivity index (χ4v) is 0.606. The number of rotatable bonds is 1. The van der Waals surface area contributed by atoms with Gasteiger partial charge in [0.15, 0.2) is 0 Å². The molecule has 0 radical (unpaired) electrons. The van der Waals surface area contributed by atoms with Gasteiger partial charge in [-0.05, 0) is 5.56 Å². The Labute approximate surface area is 72.3 Å². The number of hydrogen-bond donors (Lipinski definition) is 1. The van der Waals surface area contributed by atoms with Crippen molar-refractivity contribution in [3.05, 3.63) is 35.9 Å². The maximum atomic E-state index is 8.09. The van der Waals surface area contributed by atoms with Gasteiger partial charge in [0, 0.05) is 19.5 Å². The molecule has 1 aromatic rings. The molecule has 0 saturated heterocycles. The average molecular weight is 187 g/mol. The quantitative estimate of drug-likeness (QED) is 0.307. The minimum absolute atomic E-state index is 0. The van der Waals surface area contributed by atoms with E-state index < -0.39 is 0 Å². The molecule has 0 unspecified atom stereocenters. The molecule has 0 aromatic heterocycles. The van der Waals surface area contributed by atoms with Crippen LogP contribution in [0, 0.1) is 0 Å². The van der Waals surface area contributed by atoms with E-state index in [1.807, 2.05) is 30.3 Å². The SMILES string of the molecule is ON=Cc1ccccc1.[Zn]. The van der Waals surface area contributed by atoms with Gasteiger partial charge >= 0.3 is 0 Å². The molecular weight excluding hydrogens is 179 g/mol. The van der Waals surface area contributed by atoms with E-state index in [4.69, 9.17) is 5.21 Å². The fraction of sp³-hybridized carbons (Fsp3) is 0. The Kier molecular flexibility index (Phi) is 4.77. The van der Waals surface area contributed by atoms with Crippen molar-refractivity contribution in [1.29, 1.82) is 0 Å². The van der Waals surface area contributed by atoms with Crippen LogP contribution in [0.1, 0.15) is 5.56 Å². The summed E-state index contributed by atoms with van der Waals surface area (Å²) >= 11 is 0. The third-order valence-corrected chi connectivity index (χ3v) is 1.01. The summed E-state index contributed by atoms with van der Waals surface area (Å²) in [5.74, 6) is 0. The Hall–Kier alpha value is -0.687. The summed E-state index contributed by atoms with van der Waals surface area (Å²) < 4.78 is 0. The molecule has 0 atom stereocenters. The van der Waals surface area contributed by atoms with Gasteiger partial charge in [-0.2, -0.15) is 0 Å². The smallest absolute Gasteiger partial charge is 0.0733 e. The van der Waals surface area contributed by atoms with E-state index >= 15 is 0 Å². The maximum Gasteiger partial charge on any atom is 0.0733 e. The van der Waals surface area contributed by atoms with Crippen molar-refractivity contribution in [3.63, 3.8) is 0 Å². The van der Waals surface area contributed by atoms with Gasteiger partial charge in [-0.1, -0.05) is 35.5 Å². The number of benzene rings is 1. The van der Waals surface area contributed by atoms with E-state index in [2.05, 4.69) is 5.16 Å². The van der Waals surface area contributed by atoms with Crippen LogP contribution in [0.2, 0.25) is 0 Å². The zero-order valence-electron chi connectivity index (χ0n) is 5.57. The van der Waals surface area contributed by atoms with E-state index in [9.17, 15) is 0 Å². The van der Waals surface area contributed by atoms with Gasteiger partial charge in [-0.3, -0.25) is 0 Å². The molecule has 0 aliphatic carbocycles. The minimum Gasteiger partial charge on any atom is -0.411 e. The average Bonchev–Trinajstić information content (AvgIpc) is 1.91. The first-order valence-electron chi connectivity index (χ1n) is 2.66. The van der Waals surface area contributed by atoms with E-state index in [0.29, 0.717) is 0 Å². The fourth-order valence-electron chi connectivity index (χ4n) is 0.606. The zero-order chi connectivity index (χ0) is 6.53. The van der Waals surface area contributed by atoms with E-state index in [0.717, 1.165) is 5.56 Å². The molecular formula is C7H7NOZn. The molecule has 48 valence electrons. The Morgan fingerprint density at radius 1 is 1.20 bits per heavy atom. The van der Waals surface area contributed by atoms with Crippen LogP contribution in [0.5, 0.6) is 0 Å². The first-order chi connectivity index (χ1) is 4.43. The van der Waals surface area contributed by atoms with E-state index in [1.165, 1.54) is 6.21 Å². The summed E-state index contributed by atoms with van der Waals surface area (Å²) in [4.78, 5) is 0. The molecule has 0 bridgehead atoms. The summed E-state index contributed by atoms with van der Waals surface area (Å²) in [6, 6.07) is 9.40. The molecule has 1 N–H and O–H groups in total. The van der Waals surface area contributed by atoms with Crippen molar-refractivity contribution in [2.75, 3.05) is 0 Å². The first-order valence-corrected chi connectivity index (χ1v) is 2.66. The molecule has 0 saturated carbocycles. The second kappa shape index (κ2) is 5.13. The predicted molar refractivity (Wildman–Crippen MR) is 35.8 cm³/mol. The van der Waals surface area contributed by atoms with Crippen LogP contribution in [-0.4, -0.2) is 11.4 Å². The van der Waals surface area contributed by atoms with Crippen molar-refractivity contribution < 1.29 is 24.7 Å². The second-order valence-corrected chi connectivity index (χ2v) is 1.66. The van der Waals surface area contributed by atoms with E-state index in [1.54, 1.807) is 0 Å². The summed E-state index contributed by atoms with van der Waals surface area (Å²) in [6.07, 6.45) is 1.39. The van der Waals surface area contributed by atoms with Crippen LogP contribution in [0.25, 0.3) is 0 Å². The Bertz CT molecular complexity index is 198. The second-order valence-electron chi connectivity index (χ2n) is 1.66. The molecule has 1 aromatic carbocycles. The predicted octanol–water partition coefficient (Wildman–Crippen LogP) is 1.49. The normalized spacial score (nSPS) is 9.20. The third-order valence-electron chi connectivity index (χ3n) is 1.01. The largest absolute Gasteiger partial charge is 0.411 e. The monoisotopic (exact) mass is 185 g/mol. The van der Waals surface area contributed by atoms with E-state index in [-0.39, 0.29) is 19.5 Å². The first kappa shape index (κ1) is 9.31. The molecule has 0 aliphatic rings. The summed E-state index contributed by atoms with van der Waals surface area (Å²) in [5.41, 5.74) is 0.903. The summed E-state index contributed by atoms with van der Waals surface area (Å²) in [7, 11) is 0. The van der Waals surface area contributed by atoms with Crippen molar-refractivity contribution in [2.45, 2.75) is 0 Å². The molecule has 0 spiro atoms. The number of nitrogens with zero attached hydrogens (tertiary/aromatic N) is 1. The van der Waals surface area contributed by atoms with Gasteiger partial charge < -0.3 is 5.21 Å². The van der Waals surface area contributed by atoms with Gasteiger partial charge in [0.25, 0.3) is 0 Å². The van der Waals surface area contributed by atoms with Crippen molar-refractivity contribution in [2.24, 2.45) is 5.16 Å².